The van der Waals surface area contributed by atoms with Gasteiger partial charge in [-0.1, -0.05) is 46.2 Å². The Kier molecular flexibility index (Phi) is 10.8. The second-order valence-corrected chi connectivity index (χ2v) is 13.2. The number of alkyl halides is 3. The summed E-state index contributed by atoms with van der Waals surface area (Å²) >= 11 is 7.06. The number of anilines is 2. The number of hydrogen-bond acceptors (Lipinski definition) is 6. The minimum atomic E-state index is -4.78. The molecule has 2 N–H and O–H groups in total. The van der Waals surface area contributed by atoms with Gasteiger partial charge in [0.15, 0.2) is 0 Å². The quantitative estimate of drug-likeness (QED) is 0.367. The maximum Gasteiger partial charge on any atom is 0.418 e. The van der Waals surface area contributed by atoms with E-state index in [9.17, 15) is 27.6 Å². The van der Waals surface area contributed by atoms with Crippen molar-refractivity contribution in [3.63, 3.8) is 0 Å². The Labute approximate surface area is 247 Å². The molecule has 1 saturated heterocycles. The first-order valence-corrected chi connectivity index (χ1v) is 14.4. The number of benzene rings is 1. The molecule has 2 heterocycles. The van der Waals surface area contributed by atoms with Crippen LogP contribution in [0.3, 0.4) is 0 Å². The first-order valence-electron chi connectivity index (χ1n) is 13.2. The van der Waals surface area contributed by atoms with Gasteiger partial charge in [-0.3, -0.25) is 19.3 Å². The van der Waals surface area contributed by atoms with Gasteiger partial charge in [-0.25, -0.2) is 0 Å². The summed E-state index contributed by atoms with van der Waals surface area (Å²) in [4.78, 5) is 42.1. The third-order valence-corrected chi connectivity index (χ3v) is 7.35. The average molecular weight is 617 g/mol. The first kappa shape index (κ1) is 32.8. The number of nitrogens with one attached hydrogen (secondary N) is 2. The van der Waals surface area contributed by atoms with Gasteiger partial charge in [-0.2, -0.15) is 13.2 Å². The van der Waals surface area contributed by atoms with Crippen molar-refractivity contribution < 1.29 is 32.3 Å². The van der Waals surface area contributed by atoms with E-state index in [0.29, 0.717) is 22.3 Å². The van der Waals surface area contributed by atoms with Gasteiger partial charge < -0.3 is 20.3 Å². The summed E-state index contributed by atoms with van der Waals surface area (Å²) in [5.74, 6) is -1.38. The SMILES string of the molecule is CC(C)CN(CC(C)(C)C)[C@H](CNC(=O)c1ccc(Cl)s1)C(=O)Nc1ccc(N2CCOCC2=O)c(C(F)(F)F)c1. The highest BCUT2D eigenvalue weighted by atomic mass is 35.5. The molecule has 1 aromatic heterocycles. The van der Waals surface area contributed by atoms with Gasteiger partial charge in [0.2, 0.25) is 5.91 Å². The van der Waals surface area contributed by atoms with Crippen LogP contribution < -0.4 is 15.5 Å². The van der Waals surface area contributed by atoms with E-state index in [-0.39, 0.29) is 49.0 Å². The molecular formula is C28H36ClF3N4O4S. The predicted molar refractivity (Wildman–Crippen MR) is 155 cm³/mol. The van der Waals surface area contributed by atoms with E-state index >= 15 is 0 Å². The Balaban J connectivity index is 1.91. The zero-order valence-electron chi connectivity index (χ0n) is 23.7. The Morgan fingerprint density at radius 2 is 1.88 bits per heavy atom. The van der Waals surface area contributed by atoms with Crippen LogP contribution in [0.5, 0.6) is 0 Å². The molecule has 0 unspecified atom stereocenters. The van der Waals surface area contributed by atoms with Crippen molar-refractivity contribution in [2.75, 3.05) is 49.6 Å². The maximum absolute atomic E-state index is 14.1. The summed E-state index contributed by atoms with van der Waals surface area (Å²) in [6, 6.07) is 5.65. The molecule has 41 heavy (non-hydrogen) atoms. The van der Waals surface area contributed by atoms with E-state index in [2.05, 4.69) is 10.6 Å². The number of ether oxygens (including phenoxy) is 1. The van der Waals surface area contributed by atoms with Crippen LogP contribution in [0.2, 0.25) is 4.34 Å². The molecule has 3 amide bonds. The van der Waals surface area contributed by atoms with Gasteiger partial charge in [-0.05, 0) is 41.7 Å². The van der Waals surface area contributed by atoms with Gasteiger partial charge in [-0.15, -0.1) is 11.3 Å². The van der Waals surface area contributed by atoms with Crippen molar-refractivity contribution in [1.29, 1.82) is 0 Å². The summed E-state index contributed by atoms with van der Waals surface area (Å²) in [5, 5.41) is 5.41. The minimum absolute atomic E-state index is 0.0121. The Hall–Kier alpha value is -2.67. The van der Waals surface area contributed by atoms with Gasteiger partial charge in [0.1, 0.15) is 12.6 Å². The molecule has 8 nitrogen and oxygen atoms in total. The average Bonchev–Trinajstić information content (AvgIpc) is 3.29. The molecule has 0 bridgehead atoms. The lowest BCUT2D eigenvalue weighted by Gasteiger charge is -2.36. The zero-order chi connectivity index (χ0) is 30.5. The maximum atomic E-state index is 14.1. The summed E-state index contributed by atoms with van der Waals surface area (Å²) in [5.41, 5.74) is -1.63. The number of amides is 3. The van der Waals surface area contributed by atoms with Crippen LogP contribution in [0, 0.1) is 11.3 Å². The topological polar surface area (TPSA) is 91.0 Å². The van der Waals surface area contributed by atoms with Crippen molar-refractivity contribution in [2.24, 2.45) is 11.3 Å². The second-order valence-electron chi connectivity index (χ2n) is 11.5. The monoisotopic (exact) mass is 616 g/mol. The number of carbonyl (C=O) groups excluding carboxylic acids is 3. The van der Waals surface area contributed by atoms with Crippen molar-refractivity contribution in [1.82, 2.24) is 10.2 Å². The third-order valence-electron chi connectivity index (χ3n) is 6.12. The normalized spacial score (nSPS) is 15.4. The molecule has 226 valence electrons. The van der Waals surface area contributed by atoms with Crippen molar-refractivity contribution in [2.45, 2.75) is 46.8 Å². The van der Waals surface area contributed by atoms with Gasteiger partial charge in [0, 0.05) is 31.9 Å². The highest BCUT2D eigenvalue weighted by molar-refractivity contribution is 7.18. The first-order chi connectivity index (χ1) is 19.0. The van der Waals surface area contributed by atoms with Crippen LogP contribution in [-0.4, -0.2) is 68.1 Å². The van der Waals surface area contributed by atoms with Crippen LogP contribution in [0.25, 0.3) is 0 Å². The standard InChI is InChI=1S/C28H36ClF3N4O4S/c1-17(2)14-35(16-27(3,4)5)21(13-33-26(39)22-8-9-23(29)41-22)25(38)34-18-6-7-20(19(12-18)28(30,31)32)36-10-11-40-15-24(36)37/h6-9,12,17,21H,10-11,13-16H2,1-5H3,(H,33,39)(H,34,38)/t21-/m1/s1. The fraction of sp³-hybridized carbons (Fsp3) is 0.536. The zero-order valence-corrected chi connectivity index (χ0v) is 25.3. The van der Waals surface area contributed by atoms with Crippen molar-refractivity contribution in [3.05, 3.63) is 45.1 Å². The third kappa shape index (κ3) is 9.42. The minimum Gasteiger partial charge on any atom is -0.370 e. The van der Waals surface area contributed by atoms with Gasteiger partial charge >= 0.3 is 6.18 Å². The molecule has 0 radical (unpaired) electrons. The number of morpholine rings is 1. The fourth-order valence-electron chi connectivity index (χ4n) is 4.56. The van der Waals surface area contributed by atoms with Crippen molar-refractivity contribution >= 4 is 52.0 Å². The van der Waals surface area contributed by atoms with E-state index < -0.39 is 35.5 Å². The lowest BCUT2D eigenvalue weighted by Crippen LogP contribution is -2.53. The molecule has 0 saturated carbocycles. The molecule has 0 spiro atoms. The van der Waals surface area contributed by atoms with Crippen LogP contribution in [0.15, 0.2) is 30.3 Å². The number of thiophene rings is 1. The molecule has 1 aromatic carbocycles. The van der Waals surface area contributed by atoms with E-state index in [4.69, 9.17) is 16.3 Å². The Morgan fingerprint density at radius 1 is 1.17 bits per heavy atom. The highest BCUT2D eigenvalue weighted by Gasteiger charge is 2.38. The van der Waals surface area contributed by atoms with Crippen LogP contribution in [-0.2, 0) is 20.5 Å². The molecule has 0 aliphatic carbocycles. The molecule has 13 heteroatoms. The van der Waals surface area contributed by atoms with E-state index in [0.717, 1.165) is 22.3 Å². The molecule has 2 aromatic rings. The van der Waals surface area contributed by atoms with E-state index in [1.807, 2.05) is 39.5 Å². The number of rotatable bonds is 10. The number of nitrogens with zero attached hydrogens (tertiary/aromatic N) is 2. The molecule has 1 atom stereocenters. The highest BCUT2D eigenvalue weighted by Crippen LogP contribution is 2.39. The molecule has 1 fully saturated rings. The van der Waals surface area contributed by atoms with E-state index in [1.54, 1.807) is 12.1 Å². The summed E-state index contributed by atoms with van der Waals surface area (Å²) in [6.07, 6.45) is -4.78. The van der Waals surface area contributed by atoms with Gasteiger partial charge in [0.05, 0.1) is 27.1 Å². The number of halogens is 4. The number of hydrogen-bond donors (Lipinski definition) is 2. The lowest BCUT2D eigenvalue weighted by molar-refractivity contribution is -0.137. The second kappa shape index (κ2) is 13.5. The van der Waals surface area contributed by atoms with Crippen LogP contribution in [0.1, 0.15) is 49.9 Å². The van der Waals surface area contributed by atoms with Gasteiger partial charge in [0.25, 0.3) is 11.8 Å². The summed E-state index contributed by atoms with van der Waals surface area (Å²) in [6.45, 7) is 10.8. The Bertz CT molecular complexity index is 1250. The summed E-state index contributed by atoms with van der Waals surface area (Å²) < 4.78 is 47.8. The largest absolute Gasteiger partial charge is 0.418 e. The molecule has 1 aliphatic rings. The lowest BCUT2D eigenvalue weighted by atomic mass is 9.94. The molecule has 3 rings (SSSR count). The molecule has 1 aliphatic heterocycles. The fourth-order valence-corrected chi connectivity index (χ4v) is 5.51. The van der Waals surface area contributed by atoms with Crippen LogP contribution in [0.4, 0.5) is 24.5 Å². The molecular weight excluding hydrogens is 581 g/mol. The summed E-state index contributed by atoms with van der Waals surface area (Å²) in [7, 11) is 0. The number of carbonyl (C=O) groups is 3. The predicted octanol–water partition coefficient (Wildman–Crippen LogP) is 5.52. The van der Waals surface area contributed by atoms with E-state index in [1.165, 1.54) is 12.1 Å². The Morgan fingerprint density at radius 3 is 2.44 bits per heavy atom. The van der Waals surface area contributed by atoms with Crippen molar-refractivity contribution in [3.8, 4) is 0 Å². The van der Waals surface area contributed by atoms with Crippen LogP contribution >= 0.6 is 22.9 Å². The smallest absolute Gasteiger partial charge is 0.370 e.